The fourth-order valence-corrected chi connectivity index (χ4v) is 5.08. The molecule has 3 N–H and O–H groups in total. The van der Waals surface area contributed by atoms with Crippen LogP contribution < -0.4 is 11.1 Å². The van der Waals surface area contributed by atoms with Gasteiger partial charge in [-0.3, -0.25) is 14.7 Å². The summed E-state index contributed by atoms with van der Waals surface area (Å²) in [6.45, 7) is 7.93. The van der Waals surface area contributed by atoms with E-state index in [0.29, 0.717) is 18.4 Å². The predicted octanol–water partition coefficient (Wildman–Crippen LogP) is 2.44. The fraction of sp³-hybridized carbons (Fsp3) is 0.700. The highest BCUT2D eigenvalue weighted by Crippen LogP contribution is 2.29. The van der Waals surface area contributed by atoms with Gasteiger partial charge in [0.25, 0.3) is 0 Å². The zero-order chi connectivity index (χ0) is 19.1. The average molecular weight is 392 g/mol. The van der Waals surface area contributed by atoms with E-state index < -0.39 is 0 Å². The number of piperidine rings is 1. The maximum absolute atomic E-state index is 11.3. The van der Waals surface area contributed by atoms with Gasteiger partial charge in [0.05, 0.1) is 12.6 Å². The lowest BCUT2D eigenvalue weighted by molar-refractivity contribution is -0.119. The van der Waals surface area contributed by atoms with Crippen molar-refractivity contribution in [3.63, 3.8) is 0 Å². The number of hydrogen-bond donors (Lipinski definition) is 2. The van der Waals surface area contributed by atoms with E-state index in [1.807, 2.05) is 11.3 Å². The third-order valence-corrected chi connectivity index (χ3v) is 6.48. The molecule has 0 aromatic carbocycles. The zero-order valence-corrected chi connectivity index (χ0v) is 17.2. The minimum atomic E-state index is -0.199. The van der Waals surface area contributed by atoms with Crippen molar-refractivity contribution in [3.8, 4) is 0 Å². The molecular weight excluding hydrogens is 358 g/mol. The second kappa shape index (κ2) is 10.1. The number of guanidine groups is 1. The SMILES string of the molecule is CCNC(=NCC(c1cccs1)N1CCCC1)N1CCCC(CC(N)=O)C1. The number of carbonyl (C=O) groups is 1. The monoisotopic (exact) mass is 391 g/mol. The van der Waals surface area contributed by atoms with Crippen LogP contribution in [0.1, 0.15) is 49.9 Å². The summed E-state index contributed by atoms with van der Waals surface area (Å²) in [4.78, 5) is 22.6. The van der Waals surface area contributed by atoms with Crippen molar-refractivity contribution in [1.82, 2.24) is 15.1 Å². The number of nitrogens with zero attached hydrogens (tertiary/aromatic N) is 3. The molecule has 0 spiro atoms. The van der Waals surface area contributed by atoms with E-state index in [4.69, 9.17) is 10.7 Å². The van der Waals surface area contributed by atoms with Crippen LogP contribution in [0.3, 0.4) is 0 Å². The van der Waals surface area contributed by atoms with Crippen molar-refractivity contribution in [2.45, 2.75) is 45.1 Å². The summed E-state index contributed by atoms with van der Waals surface area (Å²) in [6, 6.07) is 4.74. The Morgan fingerprint density at radius 2 is 2.19 bits per heavy atom. The standard InChI is InChI=1S/C20H33N5OS/c1-2-22-20(25-11-5-7-16(15-25)13-19(21)26)23-14-17(18-8-6-12-27-18)24-9-3-4-10-24/h6,8,12,16-17H,2-5,7,9-11,13-15H2,1H3,(H2,21,26)(H,22,23). The molecule has 0 aliphatic carbocycles. The largest absolute Gasteiger partial charge is 0.370 e. The molecule has 150 valence electrons. The average Bonchev–Trinajstić information content (AvgIpc) is 3.35. The number of likely N-dealkylation sites (tertiary alicyclic amines) is 2. The molecule has 6 nitrogen and oxygen atoms in total. The van der Waals surface area contributed by atoms with Crippen LogP contribution in [0.15, 0.2) is 22.5 Å². The lowest BCUT2D eigenvalue weighted by Crippen LogP contribution is -2.47. The Morgan fingerprint density at radius 1 is 1.37 bits per heavy atom. The van der Waals surface area contributed by atoms with E-state index in [1.165, 1.54) is 30.8 Å². The van der Waals surface area contributed by atoms with E-state index >= 15 is 0 Å². The number of primary amides is 1. The highest BCUT2D eigenvalue weighted by atomic mass is 32.1. The van der Waals surface area contributed by atoms with Crippen LogP contribution in [0, 0.1) is 5.92 Å². The molecule has 2 unspecified atom stereocenters. The van der Waals surface area contributed by atoms with Crippen molar-refractivity contribution in [1.29, 1.82) is 0 Å². The maximum Gasteiger partial charge on any atom is 0.217 e. The van der Waals surface area contributed by atoms with Crippen LogP contribution in [-0.2, 0) is 4.79 Å². The van der Waals surface area contributed by atoms with E-state index in [1.54, 1.807) is 0 Å². The van der Waals surface area contributed by atoms with E-state index in [0.717, 1.165) is 45.0 Å². The normalized spacial score (nSPS) is 22.8. The summed E-state index contributed by atoms with van der Waals surface area (Å²) in [7, 11) is 0. The van der Waals surface area contributed by atoms with Crippen molar-refractivity contribution in [2.75, 3.05) is 39.3 Å². The van der Waals surface area contributed by atoms with Gasteiger partial charge >= 0.3 is 0 Å². The second-order valence-electron chi connectivity index (χ2n) is 7.59. The fourth-order valence-electron chi connectivity index (χ4n) is 4.23. The van der Waals surface area contributed by atoms with Crippen LogP contribution in [0.2, 0.25) is 0 Å². The molecule has 7 heteroatoms. The quantitative estimate of drug-likeness (QED) is 0.553. The van der Waals surface area contributed by atoms with E-state index in [9.17, 15) is 4.79 Å². The second-order valence-corrected chi connectivity index (χ2v) is 8.57. The van der Waals surface area contributed by atoms with Gasteiger partial charge in [-0.15, -0.1) is 11.3 Å². The molecule has 3 heterocycles. The molecule has 2 aliphatic heterocycles. The van der Waals surface area contributed by atoms with Gasteiger partial charge in [0.15, 0.2) is 5.96 Å². The predicted molar refractivity (Wildman–Crippen MR) is 112 cm³/mol. The van der Waals surface area contributed by atoms with E-state index in [-0.39, 0.29) is 5.91 Å². The molecule has 27 heavy (non-hydrogen) atoms. The molecule has 2 saturated heterocycles. The smallest absolute Gasteiger partial charge is 0.217 e. The van der Waals surface area contributed by atoms with Gasteiger partial charge in [0, 0.05) is 30.9 Å². The van der Waals surface area contributed by atoms with Gasteiger partial charge in [0.2, 0.25) is 5.91 Å². The highest BCUT2D eigenvalue weighted by molar-refractivity contribution is 7.10. The third kappa shape index (κ3) is 5.69. The number of hydrogen-bond acceptors (Lipinski definition) is 4. The summed E-state index contributed by atoms with van der Waals surface area (Å²) >= 11 is 1.83. The summed E-state index contributed by atoms with van der Waals surface area (Å²) in [5.41, 5.74) is 5.42. The Kier molecular flexibility index (Phi) is 7.52. The number of carbonyl (C=O) groups excluding carboxylic acids is 1. The molecule has 2 atom stereocenters. The van der Waals surface area contributed by atoms with Crippen LogP contribution in [0.5, 0.6) is 0 Å². The Morgan fingerprint density at radius 3 is 2.85 bits per heavy atom. The third-order valence-electron chi connectivity index (χ3n) is 5.51. The molecule has 0 radical (unpaired) electrons. The van der Waals surface area contributed by atoms with Gasteiger partial charge in [-0.2, -0.15) is 0 Å². The first-order valence-electron chi connectivity index (χ1n) is 10.3. The first-order valence-corrected chi connectivity index (χ1v) is 11.1. The maximum atomic E-state index is 11.3. The van der Waals surface area contributed by atoms with Crippen molar-refractivity contribution >= 4 is 23.2 Å². The molecular formula is C20H33N5OS. The minimum absolute atomic E-state index is 0.199. The highest BCUT2D eigenvalue weighted by Gasteiger charge is 2.26. The molecule has 1 amide bonds. The van der Waals surface area contributed by atoms with Gasteiger partial charge in [-0.25, -0.2) is 0 Å². The number of nitrogens with one attached hydrogen (secondary N) is 1. The van der Waals surface area contributed by atoms with Crippen LogP contribution in [-0.4, -0.2) is 60.9 Å². The van der Waals surface area contributed by atoms with Crippen LogP contribution >= 0.6 is 11.3 Å². The van der Waals surface area contributed by atoms with Crippen LogP contribution in [0.25, 0.3) is 0 Å². The number of nitrogens with two attached hydrogens (primary N) is 1. The number of aliphatic imine (C=N–C) groups is 1. The molecule has 1 aromatic heterocycles. The number of amides is 1. The molecule has 1 aromatic rings. The Hall–Kier alpha value is -1.60. The molecule has 3 rings (SSSR count). The Labute approximate surface area is 166 Å². The molecule has 2 fully saturated rings. The lowest BCUT2D eigenvalue weighted by Gasteiger charge is -2.35. The van der Waals surface area contributed by atoms with E-state index in [2.05, 4.69) is 39.6 Å². The Balaban J connectivity index is 1.70. The zero-order valence-electron chi connectivity index (χ0n) is 16.4. The first-order chi connectivity index (χ1) is 13.2. The van der Waals surface area contributed by atoms with Crippen molar-refractivity contribution < 1.29 is 4.79 Å². The van der Waals surface area contributed by atoms with Crippen LogP contribution in [0.4, 0.5) is 0 Å². The van der Waals surface area contributed by atoms with Crippen molar-refractivity contribution in [2.24, 2.45) is 16.6 Å². The Bertz CT molecular complexity index is 612. The topological polar surface area (TPSA) is 74.0 Å². The van der Waals surface area contributed by atoms with Gasteiger partial charge < -0.3 is 16.0 Å². The first kappa shape index (κ1) is 20.1. The number of rotatable bonds is 7. The van der Waals surface area contributed by atoms with Gasteiger partial charge in [-0.1, -0.05) is 6.07 Å². The number of thiophene rings is 1. The summed E-state index contributed by atoms with van der Waals surface area (Å²) < 4.78 is 0. The summed E-state index contributed by atoms with van der Waals surface area (Å²) in [5.74, 6) is 1.12. The minimum Gasteiger partial charge on any atom is -0.370 e. The molecule has 0 saturated carbocycles. The summed E-state index contributed by atoms with van der Waals surface area (Å²) in [5, 5.41) is 5.62. The van der Waals surface area contributed by atoms with Gasteiger partial charge in [-0.05, 0) is 63.1 Å². The van der Waals surface area contributed by atoms with Crippen molar-refractivity contribution in [3.05, 3.63) is 22.4 Å². The van der Waals surface area contributed by atoms with Gasteiger partial charge in [0.1, 0.15) is 0 Å². The summed E-state index contributed by atoms with van der Waals surface area (Å²) in [6.07, 6.45) is 5.20. The lowest BCUT2D eigenvalue weighted by atomic mass is 9.95. The molecule has 0 bridgehead atoms. The molecule has 2 aliphatic rings.